The van der Waals surface area contributed by atoms with Gasteiger partial charge in [0, 0.05) is 11.8 Å². The van der Waals surface area contributed by atoms with Gasteiger partial charge >= 0.3 is 5.97 Å². The van der Waals surface area contributed by atoms with Crippen LogP contribution in [0.4, 0.5) is 13.2 Å². The fourth-order valence-electron chi connectivity index (χ4n) is 1.12. The van der Waals surface area contributed by atoms with E-state index in [1.807, 2.05) is 0 Å². The zero-order valence-corrected chi connectivity index (χ0v) is 7.26. The standard InChI is InChI=1S/C8H6F3NO3/c9-5-2-4(13)7(8(10)11)3(12-5)1-6(14)15/h2,8H,1H2,(H,12,13)(H,14,15). The maximum Gasteiger partial charge on any atom is 0.309 e. The summed E-state index contributed by atoms with van der Waals surface area (Å²) in [5.74, 6) is -2.57. The molecule has 0 bridgehead atoms. The third kappa shape index (κ3) is 2.58. The molecule has 1 heterocycles. The summed E-state index contributed by atoms with van der Waals surface area (Å²) in [6, 6.07) is 0.354. The lowest BCUT2D eigenvalue weighted by molar-refractivity contribution is -0.136. The molecule has 0 atom stereocenters. The number of hydrogen-bond donors (Lipinski definition) is 2. The maximum absolute atomic E-state index is 12.6. The van der Waals surface area contributed by atoms with E-state index in [0.717, 1.165) is 0 Å². The van der Waals surface area contributed by atoms with Crippen LogP contribution >= 0.6 is 0 Å². The van der Waals surface area contributed by atoms with E-state index in [-0.39, 0.29) is 0 Å². The third-order valence-corrected chi connectivity index (χ3v) is 1.66. The Morgan fingerprint density at radius 2 is 2.13 bits per heavy atom. The minimum Gasteiger partial charge on any atom is -0.481 e. The first kappa shape index (κ1) is 11.3. The molecule has 82 valence electrons. The number of carboxylic acid groups (broad SMARTS) is 1. The molecule has 1 aromatic rings. The van der Waals surface area contributed by atoms with Crippen LogP contribution in [0.2, 0.25) is 0 Å². The first-order chi connectivity index (χ1) is 6.91. The molecular formula is C8H6F3NO3. The SMILES string of the molecule is O=C(O)Cc1[nH]c(F)cc(=O)c1C(F)F. The van der Waals surface area contributed by atoms with Crippen molar-refractivity contribution in [1.29, 1.82) is 0 Å². The smallest absolute Gasteiger partial charge is 0.309 e. The number of carboxylic acids is 1. The highest BCUT2D eigenvalue weighted by atomic mass is 19.3. The molecule has 0 saturated heterocycles. The van der Waals surface area contributed by atoms with Crippen molar-refractivity contribution < 1.29 is 23.1 Å². The van der Waals surface area contributed by atoms with Crippen molar-refractivity contribution >= 4 is 5.97 Å². The zero-order chi connectivity index (χ0) is 11.6. The first-order valence-electron chi connectivity index (χ1n) is 3.83. The Hall–Kier alpha value is -1.79. The number of carbonyl (C=O) groups is 1. The van der Waals surface area contributed by atoms with Gasteiger partial charge in [-0.1, -0.05) is 0 Å². The largest absolute Gasteiger partial charge is 0.481 e. The van der Waals surface area contributed by atoms with Gasteiger partial charge < -0.3 is 10.1 Å². The lowest BCUT2D eigenvalue weighted by Gasteiger charge is -2.05. The second-order valence-electron chi connectivity index (χ2n) is 2.74. The average Bonchev–Trinajstić information content (AvgIpc) is 1.99. The van der Waals surface area contributed by atoms with Gasteiger partial charge in [0.15, 0.2) is 11.4 Å². The highest BCUT2D eigenvalue weighted by molar-refractivity contribution is 5.70. The van der Waals surface area contributed by atoms with Crippen molar-refractivity contribution in [2.45, 2.75) is 12.8 Å². The van der Waals surface area contributed by atoms with E-state index in [9.17, 15) is 22.8 Å². The number of hydrogen-bond acceptors (Lipinski definition) is 2. The van der Waals surface area contributed by atoms with E-state index in [0.29, 0.717) is 6.07 Å². The van der Waals surface area contributed by atoms with Gasteiger partial charge in [-0.3, -0.25) is 9.59 Å². The molecule has 1 aromatic heterocycles. The van der Waals surface area contributed by atoms with E-state index in [2.05, 4.69) is 0 Å². The van der Waals surface area contributed by atoms with Crippen molar-refractivity contribution in [3.8, 4) is 0 Å². The predicted molar refractivity (Wildman–Crippen MR) is 43.3 cm³/mol. The summed E-state index contributed by atoms with van der Waals surface area (Å²) >= 11 is 0. The van der Waals surface area contributed by atoms with Crippen molar-refractivity contribution in [2.75, 3.05) is 0 Å². The van der Waals surface area contributed by atoms with Crippen LogP contribution in [0.5, 0.6) is 0 Å². The Morgan fingerprint density at radius 3 is 2.60 bits per heavy atom. The Balaban J connectivity index is 3.33. The molecule has 0 saturated carbocycles. The van der Waals surface area contributed by atoms with Gasteiger partial charge in [-0.15, -0.1) is 0 Å². The van der Waals surface area contributed by atoms with Gasteiger partial charge in [0.2, 0.25) is 0 Å². The molecule has 15 heavy (non-hydrogen) atoms. The topological polar surface area (TPSA) is 70.2 Å². The van der Waals surface area contributed by atoms with Crippen LogP contribution in [0.15, 0.2) is 10.9 Å². The Labute approximate surface area is 81.4 Å². The van der Waals surface area contributed by atoms with Crippen molar-refractivity contribution in [2.24, 2.45) is 0 Å². The Bertz CT molecular complexity index is 441. The van der Waals surface area contributed by atoms with Crippen LogP contribution in [-0.4, -0.2) is 16.1 Å². The molecule has 0 radical (unpaired) electrons. The van der Waals surface area contributed by atoms with Gasteiger partial charge in [-0.25, -0.2) is 8.78 Å². The molecule has 1 rings (SSSR count). The Kier molecular flexibility index (Phi) is 3.13. The normalized spacial score (nSPS) is 10.7. The summed E-state index contributed by atoms with van der Waals surface area (Å²) in [6.45, 7) is 0. The molecule has 0 aromatic carbocycles. The maximum atomic E-state index is 12.6. The minimum atomic E-state index is -3.14. The molecule has 0 unspecified atom stereocenters. The number of nitrogens with one attached hydrogen (secondary N) is 1. The molecule has 0 aliphatic carbocycles. The van der Waals surface area contributed by atoms with E-state index in [1.165, 1.54) is 0 Å². The quantitative estimate of drug-likeness (QED) is 0.750. The van der Waals surface area contributed by atoms with Crippen LogP contribution in [-0.2, 0) is 11.2 Å². The zero-order valence-electron chi connectivity index (χ0n) is 7.26. The van der Waals surface area contributed by atoms with Gasteiger partial charge in [0.1, 0.15) is 0 Å². The molecule has 0 aliphatic heterocycles. The van der Waals surface area contributed by atoms with Gasteiger partial charge in [0.25, 0.3) is 6.43 Å². The average molecular weight is 221 g/mol. The highest BCUT2D eigenvalue weighted by Crippen LogP contribution is 2.18. The monoisotopic (exact) mass is 221 g/mol. The highest BCUT2D eigenvalue weighted by Gasteiger charge is 2.20. The summed E-state index contributed by atoms with van der Waals surface area (Å²) in [7, 11) is 0. The summed E-state index contributed by atoms with van der Waals surface area (Å²) in [5, 5.41) is 8.37. The van der Waals surface area contributed by atoms with E-state index in [1.54, 1.807) is 4.98 Å². The van der Waals surface area contributed by atoms with Crippen LogP contribution in [0.3, 0.4) is 0 Å². The van der Waals surface area contributed by atoms with Crippen molar-refractivity contribution in [3.05, 3.63) is 33.5 Å². The number of aliphatic carboxylic acids is 1. The van der Waals surface area contributed by atoms with Crippen LogP contribution in [0, 0.1) is 5.95 Å². The number of halogens is 3. The summed E-state index contributed by atoms with van der Waals surface area (Å²) in [6.07, 6.45) is -3.99. The van der Waals surface area contributed by atoms with Gasteiger partial charge in [-0.05, 0) is 0 Å². The lowest BCUT2D eigenvalue weighted by Crippen LogP contribution is -2.18. The number of alkyl halides is 2. The minimum absolute atomic E-state index is 0.354. The summed E-state index contributed by atoms with van der Waals surface area (Å²) in [4.78, 5) is 23.0. The number of H-pyrrole nitrogens is 1. The summed E-state index contributed by atoms with van der Waals surface area (Å²) < 4.78 is 37.3. The van der Waals surface area contributed by atoms with E-state index >= 15 is 0 Å². The van der Waals surface area contributed by atoms with Gasteiger partial charge in [-0.2, -0.15) is 4.39 Å². The third-order valence-electron chi connectivity index (χ3n) is 1.66. The molecule has 0 spiro atoms. The fourth-order valence-corrected chi connectivity index (χ4v) is 1.12. The molecule has 2 N–H and O–H groups in total. The lowest BCUT2D eigenvalue weighted by atomic mass is 10.1. The van der Waals surface area contributed by atoms with Crippen molar-refractivity contribution in [1.82, 2.24) is 4.98 Å². The second kappa shape index (κ2) is 4.16. The van der Waals surface area contributed by atoms with Gasteiger partial charge in [0.05, 0.1) is 12.0 Å². The second-order valence-corrected chi connectivity index (χ2v) is 2.74. The molecule has 0 amide bonds. The number of rotatable bonds is 3. The molecule has 7 heteroatoms. The van der Waals surface area contributed by atoms with Crippen LogP contribution in [0.1, 0.15) is 17.7 Å². The molecule has 0 fully saturated rings. The number of aromatic amines is 1. The fraction of sp³-hybridized carbons (Fsp3) is 0.250. The first-order valence-corrected chi connectivity index (χ1v) is 3.83. The molecule has 4 nitrogen and oxygen atoms in total. The summed E-state index contributed by atoms with van der Waals surface area (Å²) in [5.41, 5.74) is -2.82. The van der Waals surface area contributed by atoms with Crippen LogP contribution < -0.4 is 5.43 Å². The van der Waals surface area contributed by atoms with Crippen LogP contribution in [0.25, 0.3) is 0 Å². The van der Waals surface area contributed by atoms with E-state index < -0.39 is 41.4 Å². The predicted octanol–water partition coefficient (Wildman–Crippen LogP) is 1.08. The van der Waals surface area contributed by atoms with E-state index in [4.69, 9.17) is 5.11 Å². The molecule has 0 aliphatic rings. The molecular weight excluding hydrogens is 215 g/mol. The van der Waals surface area contributed by atoms with Crippen molar-refractivity contribution in [3.63, 3.8) is 0 Å². The Morgan fingerprint density at radius 1 is 1.53 bits per heavy atom. The number of pyridine rings is 1. The number of aromatic nitrogens is 1.